The van der Waals surface area contributed by atoms with Crippen LogP contribution in [0.2, 0.25) is 0 Å². The fourth-order valence-corrected chi connectivity index (χ4v) is 2.01. The van der Waals surface area contributed by atoms with E-state index in [-0.39, 0.29) is 19.2 Å². The maximum absolute atomic E-state index is 11.5. The van der Waals surface area contributed by atoms with E-state index in [2.05, 4.69) is 4.98 Å². The number of aromatic nitrogens is 2. The lowest BCUT2D eigenvalue weighted by Crippen LogP contribution is -2.18. The second-order valence-electron chi connectivity index (χ2n) is 4.80. The van der Waals surface area contributed by atoms with Crippen LogP contribution in [-0.4, -0.2) is 62.3 Å². The Morgan fingerprint density at radius 1 is 1.09 bits per heavy atom. The van der Waals surface area contributed by atoms with E-state index in [1.807, 2.05) is 28.8 Å². The van der Waals surface area contributed by atoms with Gasteiger partial charge >= 0.3 is 5.97 Å². The molecule has 7 nitrogen and oxygen atoms in total. The van der Waals surface area contributed by atoms with Gasteiger partial charge in [-0.15, -0.1) is 0 Å². The first-order valence-electron chi connectivity index (χ1n) is 7.51. The van der Waals surface area contributed by atoms with Gasteiger partial charge in [-0.3, -0.25) is 0 Å². The zero-order valence-electron chi connectivity index (χ0n) is 13.3. The van der Waals surface area contributed by atoms with Crippen molar-refractivity contribution in [2.24, 2.45) is 0 Å². The molecule has 2 rings (SSSR count). The van der Waals surface area contributed by atoms with Crippen molar-refractivity contribution in [1.29, 1.82) is 0 Å². The molecule has 126 valence electrons. The third-order valence-corrected chi connectivity index (χ3v) is 3.15. The first-order chi connectivity index (χ1) is 11.3. The average Bonchev–Trinajstić information content (AvgIpc) is 2.97. The minimum absolute atomic E-state index is 0.0711. The summed E-state index contributed by atoms with van der Waals surface area (Å²) in [6, 6.07) is 7.82. The van der Waals surface area contributed by atoms with E-state index < -0.39 is 0 Å². The Hall–Kier alpha value is -1.96. The molecule has 0 fully saturated rings. The van der Waals surface area contributed by atoms with Gasteiger partial charge in [-0.05, 0) is 12.1 Å². The van der Waals surface area contributed by atoms with Crippen LogP contribution in [0, 0.1) is 0 Å². The summed E-state index contributed by atoms with van der Waals surface area (Å²) in [7, 11) is 1.61. The molecule has 0 unspecified atom stereocenters. The van der Waals surface area contributed by atoms with E-state index >= 15 is 0 Å². The molecule has 1 heterocycles. The van der Waals surface area contributed by atoms with Crippen LogP contribution in [0.5, 0.6) is 0 Å². The zero-order chi connectivity index (χ0) is 16.3. The number of rotatable bonds is 11. The van der Waals surface area contributed by atoms with Crippen molar-refractivity contribution in [1.82, 2.24) is 9.55 Å². The summed E-state index contributed by atoms with van der Waals surface area (Å²) in [5.41, 5.74) is 1.95. The van der Waals surface area contributed by atoms with Crippen molar-refractivity contribution in [3.63, 3.8) is 0 Å². The topological polar surface area (TPSA) is 71.8 Å². The molecule has 0 aliphatic rings. The quantitative estimate of drug-likeness (QED) is 0.458. The van der Waals surface area contributed by atoms with Gasteiger partial charge in [0.2, 0.25) is 0 Å². The Balaban J connectivity index is 1.56. The second-order valence-corrected chi connectivity index (χ2v) is 4.80. The summed E-state index contributed by atoms with van der Waals surface area (Å²) in [5, 5.41) is 0. The summed E-state index contributed by atoms with van der Waals surface area (Å²) in [6.07, 6.45) is 1.74. The predicted molar refractivity (Wildman–Crippen MR) is 84.2 cm³/mol. The summed E-state index contributed by atoms with van der Waals surface area (Å²) < 4.78 is 22.3. The van der Waals surface area contributed by atoms with Crippen LogP contribution in [-0.2, 0) is 30.3 Å². The van der Waals surface area contributed by atoms with Crippen LogP contribution in [0.1, 0.15) is 0 Å². The Morgan fingerprint density at radius 2 is 1.87 bits per heavy atom. The molecule has 0 saturated carbocycles. The van der Waals surface area contributed by atoms with Crippen LogP contribution in [0.25, 0.3) is 11.0 Å². The minimum Gasteiger partial charge on any atom is -0.462 e. The fourth-order valence-electron chi connectivity index (χ4n) is 2.01. The number of imidazole rings is 1. The third kappa shape index (κ3) is 5.97. The smallest absolute Gasteiger partial charge is 0.332 e. The Morgan fingerprint density at radius 3 is 2.74 bits per heavy atom. The summed E-state index contributed by atoms with van der Waals surface area (Å²) in [4.78, 5) is 15.8. The number of para-hydroxylation sites is 2. The number of nitrogens with zero attached hydrogens (tertiary/aromatic N) is 2. The number of carbonyl (C=O) groups excluding carboxylic acids is 1. The van der Waals surface area contributed by atoms with Gasteiger partial charge in [-0.1, -0.05) is 12.1 Å². The maximum Gasteiger partial charge on any atom is 0.332 e. The van der Waals surface area contributed by atoms with Crippen molar-refractivity contribution in [2.75, 3.05) is 46.8 Å². The highest BCUT2D eigenvalue weighted by Crippen LogP contribution is 2.11. The van der Waals surface area contributed by atoms with Crippen molar-refractivity contribution in [2.45, 2.75) is 6.54 Å². The van der Waals surface area contributed by atoms with Crippen molar-refractivity contribution < 1.29 is 23.7 Å². The standard InChI is InChI=1S/C16H22N2O5/c1-20-8-9-21-10-11-22-12-16(19)23-7-6-18-13-17-14-4-2-3-5-15(14)18/h2-5,13H,6-12H2,1H3. The molecule has 0 saturated heterocycles. The molecule has 0 atom stereocenters. The maximum atomic E-state index is 11.5. The van der Waals surface area contributed by atoms with Crippen LogP contribution in [0.4, 0.5) is 0 Å². The molecule has 0 aliphatic heterocycles. The van der Waals surface area contributed by atoms with E-state index in [1.165, 1.54) is 0 Å². The number of hydrogen-bond donors (Lipinski definition) is 0. The van der Waals surface area contributed by atoms with Gasteiger partial charge in [0.05, 0.1) is 50.3 Å². The lowest BCUT2D eigenvalue weighted by atomic mass is 10.3. The van der Waals surface area contributed by atoms with Gasteiger partial charge in [-0.2, -0.15) is 0 Å². The molecule has 0 aliphatic carbocycles. The summed E-state index contributed by atoms with van der Waals surface area (Å²) in [5.74, 6) is -0.383. The Kier molecular flexibility index (Phi) is 7.51. The SMILES string of the molecule is COCCOCCOCC(=O)OCCn1cnc2ccccc21. The lowest BCUT2D eigenvalue weighted by Gasteiger charge is -2.07. The molecule has 2 aromatic rings. The number of hydrogen-bond acceptors (Lipinski definition) is 6. The molecule has 0 bridgehead atoms. The van der Waals surface area contributed by atoms with Crippen molar-refractivity contribution >= 4 is 17.0 Å². The minimum atomic E-state index is -0.383. The molecule has 7 heteroatoms. The molecular formula is C16H22N2O5. The molecule has 0 spiro atoms. The molecule has 0 radical (unpaired) electrons. The van der Waals surface area contributed by atoms with E-state index in [4.69, 9.17) is 18.9 Å². The number of ether oxygens (including phenoxy) is 4. The molecule has 0 amide bonds. The number of carbonyl (C=O) groups is 1. The van der Waals surface area contributed by atoms with Crippen LogP contribution in [0.15, 0.2) is 30.6 Å². The number of benzene rings is 1. The normalized spacial score (nSPS) is 11.0. The second kappa shape index (κ2) is 9.94. The van der Waals surface area contributed by atoms with E-state index in [1.54, 1.807) is 13.4 Å². The molecule has 1 aromatic heterocycles. The number of fused-ring (bicyclic) bond motifs is 1. The highest BCUT2D eigenvalue weighted by Gasteiger charge is 2.05. The van der Waals surface area contributed by atoms with Crippen LogP contribution in [0.3, 0.4) is 0 Å². The number of methoxy groups -OCH3 is 1. The average molecular weight is 322 g/mol. The van der Waals surface area contributed by atoms with E-state index in [9.17, 15) is 4.79 Å². The predicted octanol–water partition coefficient (Wildman–Crippen LogP) is 1.26. The van der Waals surface area contributed by atoms with Gasteiger partial charge < -0.3 is 23.5 Å². The largest absolute Gasteiger partial charge is 0.462 e. The summed E-state index contributed by atoms with van der Waals surface area (Å²) in [6.45, 7) is 2.62. The van der Waals surface area contributed by atoms with Crippen molar-refractivity contribution in [3.8, 4) is 0 Å². The van der Waals surface area contributed by atoms with Gasteiger partial charge in [-0.25, -0.2) is 9.78 Å². The Bertz CT molecular complexity index is 599. The Labute approximate surface area is 135 Å². The molecule has 1 aromatic carbocycles. The lowest BCUT2D eigenvalue weighted by molar-refractivity contribution is -0.149. The van der Waals surface area contributed by atoms with E-state index in [0.717, 1.165) is 11.0 Å². The summed E-state index contributed by atoms with van der Waals surface area (Å²) >= 11 is 0. The first-order valence-corrected chi connectivity index (χ1v) is 7.51. The third-order valence-electron chi connectivity index (χ3n) is 3.15. The highest BCUT2D eigenvalue weighted by molar-refractivity contribution is 5.75. The van der Waals surface area contributed by atoms with Gasteiger partial charge in [0.15, 0.2) is 0 Å². The zero-order valence-corrected chi connectivity index (χ0v) is 13.3. The number of esters is 1. The van der Waals surface area contributed by atoms with E-state index in [0.29, 0.717) is 33.0 Å². The van der Waals surface area contributed by atoms with Gasteiger partial charge in [0.25, 0.3) is 0 Å². The molecular weight excluding hydrogens is 300 g/mol. The van der Waals surface area contributed by atoms with Crippen LogP contribution < -0.4 is 0 Å². The monoisotopic (exact) mass is 322 g/mol. The van der Waals surface area contributed by atoms with Gasteiger partial charge in [0, 0.05) is 7.11 Å². The van der Waals surface area contributed by atoms with Crippen molar-refractivity contribution in [3.05, 3.63) is 30.6 Å². The molecule has 23 heavy (non-hydrogen) atoms. The highest BCUT2D eigenvalue weighted by atomic mass is 16.6. The first kappa shape index (κ1) is 17.4. The van der Waals surface area contributed by atoms with Crippen LogP contribution >= 0.6 is 0 Å². The van der Waals surface area contributed by atoms with Gasteiger partial charge in [0.1, 0.15) is 13.2 Å². The fraction of sp³-hybridized carbons (Fsp3) is 0.500. The molecule has 0 N–H and O–H groups in total.